The number of rotatable bonds is 5. The Bertz CT molecular complexity index is 842. The number of nitrogens with zero attached hydrogens (tertiary/aromatic N) is 2. The van der Waals surface area contributed by atoms with Crippen molar-refractivity contribution in [2.24, 2.45) is 5.16 Å². The molecule has 3 rings (SSSR count). The molecule has 6 nitrogen and oxygen atoms in total. The quantitative estimate of drug-likeness (QED) is 0.793. The van der Waals surface area contributed by atoms with Crippen LogP contribution in [0.25, 0.3) is 11.1 Å². The summed E-state index contributed by atoms with van der Waals surface area (Å²) in [5, 5.41) is 23.6. The number of hydrogen-bond donors (Lipinski definition) is 2. The maximum atomic E-state index is 13.1. The number of carbonyl (C=O) groups excluding carboxylic acids is 1. The predicted molar refractivity (Wildman–Crippen MR) is 104 cm³/mol. The molecule has 2 N–H and O–H groups in total. The zero-order valence-electron chi connectivity index (χ0n) is 15.6. The van der Waals surface area contributed by atoms with Crippen molar-refractivity contribution < 1.29 is 19.8 Å². The third kappa shape index (κ3) is 3.59. The minimum absolute atomic E-state index is 0.216. The van der Waals surface area contributed by atoms with Gasteiger partial charge in [0.2, 0.25) is 0 Å². The highest BCUT2D eigenvalue weighted by atomic mass is 16.6. The first-order valence-corrected chi connectivity index (χ1v) is 8.83. The fourth-order valence-corrected chi connectivity index (χ4v) is 3.54. The first-order valence-electron chi connectivity index (χ1n) is 8.83. The summed E-state index contributed by atoms with van der Waals surface area (Å²) in [6, 6.07) is 15.4. The van der Waals surface area contributed by atoms with Crippen LogP contribution >= 0.6 is 0 Å². The molecule has 6 heteroatoms. The van der Waals surface area contributed by atoms with E-state index in [2.05, 4.69) is 5.16 Å². The van der Waals surface area contributed by atoms with Crippen molar-refractivity contribution in [1.29, 1.82) is 0 Å². The highest BCUT2D eigenvalue weighted by molar-refractivity contribution is 6.01. The Balaban J connectivity index is 1.89. The van der Waals surface area contributed by atoms with Crippen LogP contribution in [-0.2, 0) is 4.84 Å². The number of likely N-dealkylation sites (tertiary alicyclic amines) is 1. The van der Waals surface area contributed by atoms with Gasteiger partial charge in [-0.05, 0) is 35.7 Å². The standard InChI is InChI=1S/C21H24N2O4/c1-15-5-3-4-6-19(15)16-7-9-17(10-8-16)20(26)23-12-18(22-27-2)11-21(23,13-24)14-25/h3-10,24-25H,11-14H2,1-2H3/b22-18-. The predicted octanol–water partition coefficient (Wildman–Crippen LogP) is 2.23. The molecule has 2 aromatic rings. The number of benzene rings is 2. The summed E-state index contributed by atoms with van der Waals surface area (Å²) in [6.07, 6.45) is 0.279. The zero-order chi connectivity index (χ0) is 19.4. The minimum atomic E-state index is -1.07. The van der Waals surface area contributed by atoms with E-state index in [0.29, 0.717) is 11.3 Å². The number of aliphatic hydroxyl groups is 2. The topological polar surface area (TPSA) is 82.4 Å². The number of hydrogen-bond acceptors (Lipinski definition) is 5. The molecule has 0 bridgehead atoms. The largest absolute Gasteiger partial charge is 0.399 e. The molecule has 1 amide bonds. The Labute approximate surface area is 158 Å². The van der Waals surface area contributed by atoms with Gasteiger partial charge in [-0.1, -0.05) is 41.6 Å². The van der Waals surface area contributed by atoms with Gasteiger partial charge in [0, 0.05) is 12.0 Å². The second kappa shape index (κ2) is 7.90. The van der Waals surface area contributed by atoms with Crippen LogP contribution in [0.5, 0.6) is 0 Å². The van der Waals surface area contributed by atoms with Crippen molar-refractivity contribution in [3.05, 3.63) is 59.7 Å². The molecular weight excluding hydrogens is 344 g/mol. The average molecular weight is 368 g/mol. The highest BCUT2D eigenvalue weighted by Crippen LogP contribution is 2.30. The summed E-state index contributed by atoms with van der Waals surface area (Å²) >= 11 is 0. The third-order valence-corrected chi connectivity index (χ3v) is 5.09. The van der Waals surface area contributed by atoms with E-state index in [1.807, 2.05) is 43.3 Å². The van der Waals surface area contributed by atoms with Gasteiger partial charge in [-0.25, -0.2) is 0 Å². The Kier molecular flexibility index (Phi) is 5.58. The second-order valence-corrected chi connectivity index (χ2v) is 6.84. The lowest BCUT2D eigenvalue weighted by Crippen LogP contribution is -2.52. The molecule has 0 unspecified atom stereocenters. The van der Waals surface area contributed by atoms with E-state index in [1.54, 1.807) is 12.1 Å². The van der Waals surface area contributed by atoms with Crippen LogP contribution in [0.4, 0.5) is 0 Å². The SMILES string of the molecule is CO/N=C1\CN(C(=O)c2ccc(-c3ccccc3C)cc2)C(CO)(CO)C1. The van der Waals surface area contributed by atoms with Gasteiger partial charge >= 0.3 is 0 Å². The lowest BCUT2D eigenvalue weighted by Gasteiger charge is -2.34. The van der Waals surface area contributed by atoms with Gasteiger partial charge in [-0.2, -0.15) is 0 Å². The van der Waals surface area contributed by atoms with Gasteiger partial charge in [0.15, 0.2) is 0 Å². The van der Waals surface area contributed by atoms with E-state index < -0.39 is 5.54 Å². The Morgan fingerprint density at radius 1 is 1.15 bits per heavy atom. The highest BCUT2D eigenvalue weighted by Gasteiger charge is 2.46. The molecule has 0 spiro atoms. The van der Waals surface area contributed by atoms with Crippen LogP contribution in [-0.4, -0.2) is 59.1 Å². The van der Waals surface area contributed by atoms with Crippen LogP contribution in [0.15, 0.2) is 53.7 Å². The molecule has 1 aliphatic rings. The van der Waals surface area contributed by atoms with Crippen LogP contribution in [0.1, 0.15) is 22.3 Å². The molecule has 0 radical (unpaired) electrons. The summed E-state index contributed by atoms with van der Waals surface area (Å²) in [6.45, 7) is 1.57. The Hall–Kier alpha value is -2.70. The van der Waals surface area contributed by atoms with Crippen molar-refractivity contribution in [3.63, 3.8) is 0 Å². The van der Waals surface area contributed by atoms with Crippen LogP contribution in [0, 0.1) is 6.92 Å². The van der Waals surface area contributed by atoms with Crippen molar-refractivity contribution in [2.75, 3.05) is 26.9 Å². The normalized spacial score (nSPS) is 17.3. The Morgan fingerprint density at radius 2 is 1.81 bits per heavy atom. The van der Waals surface area contributed by atoms with Gasteiger partial charge in [0.25, 0.3) is 5.91 Å². The lowest BCUT2D eigenvalue weighted by atomic mass is 9.96. The minimum Gasteiger partial charge on any atom is -0.399 e. The van der Waals surface area contributed by atoms with Gasteiger partial charge in [0.1, 0.15) is 7.11 Å². The zero-order valence-corrected chi connectivity index (χ0v) is 15.6. The summed E-state index contributed by atoms with van der Waals surface area (Å²) in [7, 11) is 1.43. The molecule has 1 fully saturated rings. The molecule has 27 heavy (non-hydrogen) atoms. The number of oxime groups is 1. The van der Waals surface area contributed by atoms with Gasteiger partial charge in [-0.3, -0.25) is 4.79 Å². The van der Waals surface area contributed by atoms with Crippen LogP contribution in [0.3, 0.4) is 0 Å². The molecule has 0 aliphatic carbocycles. The molecule has 1 heterocycles. The molecule has 1 aliphatic heterocycles. The number of aryl methyl sites for hydroxylation is 1. The van der Waals surface area contributed by atoms with E-state index in [0.717, 1.165) is 16.7 Å². The number of aliphatic hydroxyl groups excluding tert-OH is 2. The third-order valence-electron chi connectivity index (χ3n) is 5.09. The van der Waals surface area contributed by atoms with E-state index in [4.69, 9.17) is 4.84 Å². The van der Waals surface area contributed by atoms with Gasteiger partial charge in [0.05, 0.1) is 31.0 Å². The summed E-state index contributed by atoms with van der Waals surface area (Å²) in [5.41, 5.74) is 3.36. The fraction of sp³-hybridized carbons (Fsp3) is 0.333. The average Bonchev–Trinajstić information content (AvgIpc) is 3.07. The fourth-order valence-electron chi connectivity index (χ4n) is 3.54. The Morgan fingerprint density at radius 3 is 2.41 bits per heavy atom. The van der Waals surface area contributed by atoms with E-state index in [-0.39, 0.29) is 32.1 Å². The molecule has 0 atom stereocenters. The van der Waals surface area contributed by atoms with Crippen molar-refractivity contribution in [2.45, 2.75) is 18.9 Å². The second-order valence-electron chi connectivity index (χ2n) is 6.84. The summed E-state index contributed by atoms with van der Waals surface area (Å²) in [4.78, 5) is 19.3. The summed E-state index contributed by atoms with van der Waals surface area (Å²) in [5.74, 6) is -0.254. The van der Waals surface area contributed by atoms with Crippen molar-refractivity contribution in [3.8, 4) is 11.1 Å². The first kappa shape index (κ1) is 19.1. The van der Waals surface area contributed by atoms with Crippen molar-refractivity contribution in [1.82, 2.24) is 4.90 Å². The molecular formula is C21H24N2O4. The molecule has 0 aromatic heterocycles. The monoisotopic (exact) mass is 368 g/mol. The maximum Gasteiger partial charge on any atom is 0.254 e. The first-order chi connectivity index (χ1) is 13.0. The van der Waals surface area contributed by atoms with E-state index in [9.17, 15) is 15.0 Å². The lowest BCUT2D eigenvalue weighted by molar-refractivity contribution is 0.0149. The van der Waals surface area contributed by atoms with E-state index >= 15 is 0 Å². The van der Waals surface area contributed by atoms with E-state index in [1.165, 1.54) is 12.0 Å². The molecule has 1 saturated heterocycles. The molecule has 0 saturated carbocycles. The smallest absolute Gasteiger partial charge is 0.254 e. The molecule has 142 valence electrons. The van der Waals surface area contributed by atoms with Crippen molar-refractivity contribution >= 4 is 11.6 Å². The summed E-state index contributed by atoms with van der Waals surface area (Å²) < 4.78 is 0. The maximum absolute atomic E-state index is 13.1. The number of carbonyl (C=O) groups is 1. The van der Waals surface area contributed by atoms with Crippen LogP contribution in [0.2, 0.25) is 0 Å². The molecule has 2 aromatic carbocycles. The number of amides is 1. The van der Waals surface area contributed by atoms with Gasteiger partial charge < -0.3 is 20.0 Å². The van der Waals surface area contributed by atoms with Crippen LogP contribution < -0.4 is 0 Å². The van der Waals surface area contributed by atoms with Gasteiger partial charge in [-0.15, -0.1) is 0 Å².